The maximum atomic E-state index is 14.7. The zero-order chi connectivity index (χ0) is 25.8. The van der Waals surface area contributed by atoms with E-state index < -0.39 is 17.2 Å². The number of piperazine rings is 1. The molecular weight excluding hydrogens is 485 g/mol. The predicted octanol–water partition coefficient (Wildman–Crippen LogP) is 2.04. The molecule has 194 valence electrons. The number of halogens is 3. The van der Waals surface area contributed by atoms with Crippen molar-refractivity contribution in [2.75, 3.05) is 32.7 Å². The summed E-state index contributed by atoms with van der Waals surface area (Å²) < 4.78 is 44.5. The van der Waals surface area contributed by atoms with Crippen LogP contribution in [-0.4, -0.2) is 77.4 Å². The van der Waals surface area contributed by atoms with Crippen LogP contribution in [0.2, 0.25) is 0 Å². The zero-order valence-corrected chi connectivity index (χ0v) is 20.1. The molecule has 2 aromatic carbocycles. The van der Waals surface area contributed by atoms with Gasteiger partial charge in [0.25, 0.3) is 0 Å². The Kier molecular flexibility index (Phi) is 7.31. The molecule has 0 spiro atoms. The predicted molar refractivity (Wildman–Crippen MR) is 128 cm³/mol. The lowest BCUT2D eigenvalue weighted by Crippen LogP contribution is -2.52. The average molecular weight is 513 g/mol. The normalized spacial score (nSPS) is 16.6. The molecule has 4 aromatic rings. The summed E-state index contributed by atoms with van der Waals surface area (Å²) in [6, 6.07) is 9.49. The second-order valence-electron chi connectivity index (χ2n) is 9.34. The Morgan fingerprint density at radius 3 is 2.27 bits per heavy atom. The highest BCUT2D eigenvalue weighted by atomic mass is 19.1. The molecule has 0 aliphatic carbocycles. The van der Waals surface area contributed by atoms with Crippen molar-refractivity contribution in [2.45, 2.75) is 25.2 Å². The van der Waals surface area contributed by atoms with Gasteiger partial charge in [0.1, 0.15) is 35.7 Å². The molecule has 0 saturated carbocycles. The molecule has 9 nitrogen and oxygen atoms in total. The molecule has 1 fully saturated rings. The highest BCUT2D eigenvalue weighted by Gasteiger charge is 2.36. The fraction of sp³-hybridized carbons (Fsp3) is 0.360. The van der Waals surface area contributed by atoms with Gasteiger partial charge in [-0.3, -0.25) is 9.80 Å². The number of aliphatic hydroxyl groups is 1. The number of aromatic nitrogens is 6. The molecule has 5 rings (SSSR count). The fourth-order valence-electron chi connectivity index (χ4n) is 4.64. The standard InChI is InChI=1S/C25H27F3N8O/c26-20-3-1-19(2-4-20)12-35-14-22(31-32-35)13-33-7-9-34(10-8-33)15-25(37,16-36-18-29-17-30-36)23-6-5-21(27)11-24(23)28/h1-6,11,14,17-18,37H,7-10,12-13,15-16H2. The van der Waals surface area contributed by atoms with Crippen LogP contribution in [0.15, 0.2) is 61.3 Å². The fourth-order valence-corrected chi connectivity index (χ4v) is 4.64. The van der Waals surface area contributed by atoms with Crippen LogP contribution in [0.1, 0.15) is 16.8 Å². The van der Waals surface area contributed by atoms with Gasteiger partial charge in [0, 0.05) is 50.9 Å². The zero-order valence-electron chi connectivity index (χ0n) is 20.1. The minimum atomic E-state index is -1.63. The molecule has 1 unspecified atom stereocenters. The van der Waals surface area contributed by atoms with E-state index in [1.165, 1.54) is 35.5 Å². The van der Waals surface area contributed by atoms with Gasteiger partial charge in [0.2, 0.25) is 0 Å². The molecule has 1 aliphatic heterocycles. The van der Waals surface area contributed by atoms with Gasteiger partial charge >= 0.3 is 0 Å². The second kappa shape index (κ2) is 10.8. The quantitative estimate of drug-likeness (QED) is 0.367. The van der Waals surface area contributed by atoms with Gasteiger partial charge in [-0.25, -0.2) is 27.5 Å². The molecule has 37 heavy (non-hydrogen) atoms. The van der Waals surface area contributed by atoms with Gasteiger partial charge in [-0.2, -0.15) is 5.10 Å². The van der Waals surface area contributed by atoms with Crippen LogP contribution in [-0.2, 0) is 25.2 Å². The van der Waals surface area contributed by atoms with Crippen molar-refractivity contribution in [3.63, 3.8) is 0 Å². The van der Waals surface area contributed by atoms with Gasteiger partial charge in [-0.05, 0) is 23.8 Å². The van der Waals surface area contributed by atoms with Crippen molar-refractivity contribution in [2.24, 2.45) is 0 Å². The molecule has 2 aromatic heterocycles. The van der Waals surface area contributed by atoms with Crippen molar-refractivity contribution < 1.29 is 18.3 Å². The Balaban J connectivity index is 1.19. The van der Waals surface area contributed by atoms with Crippen molar-refractivity contribution in [3.8, 4) is 0 Å². The first kappa shape index (κ1) is 25.1. The van der Waals surface area contributed by atoms with Crippen molar-refractivity contribution >= 4 is 0 Å². The topological polar surface area (TPSA) is 88.1 Å². The number of benzene rings is 2. The third-order valence-corrected chi connectivity index (χ3v) is 6.50. The van der Waals surface area contributed by atoms with Gasteiger partial charge in [0.15, 0.2) is 0 Å². The summed E-state index contributed by atoms with van der Waals surface area (Å²) in [5.74, 6) is -1.78. The maximum absolute atomic E-state index is 14.7. The van der Waals surface area contributed by atoms with E-state index in [0.29, 0.717) is 26.2 Å². The van der Waals surface area contributed by atoms with Crippen LogP contribution in [0, 0.1) is 17.5 Å². The van der Waals surface area contributed by atoms with Crippen molar-refractivity contribution in [3.05, 3.63) is 95.6 Å². The van der Waals surface area contributed by atoms with Crippen LogP contribution in [0.5, 0.6) is 0 Å². The van der Waals surface area contributed by atoms with Crippen LogP contribution >= 0.6 is 0 Å². The first-order valence-corrected chi connectivity index (χ1v) is 11.9. The summed E-state index contributed by atoms with van der Waals surface area (Å²) in [4.78, 5) is 8.19. The van der Waals surface area contributed by atoms with E-state index in [4.69, 9.17) is 0 Å². The summed E-state index contributed by atoms with van der Waals surface area (Å²) in [5.41, 5.74) is 0.148. The molecule has 0 amide bonds. The van der Waals surface area contributed by atoms with Gasteiger partial charge in [-0.1, -0.05) is 23.4 Å². The van der Waals surface area contributed by atoms with Crippen LogP contribution in [0.3, 0.4) is 0 Å². The lowest BCUT2D eigenvalue weighted by molar-refractivity contribution is -0.0324. The molecule has 12 heteroatoms. The summed E-state index contributed by atoms with van der Waals surface area (Å²) in [6.07, 6.45) is 4.67. The number of hydrogen-bond acceptors (Lipinski definition) is 7. The van der Waals surface area contributed by atoms with E-state index in [9.17, 15) is 18.3 Å². The monoisotopic (exact) mass is 512 g/mol. The molecular formula is C25H27F3N8O. The SMILES string of the molecule is OC(CN1CCN(Cc2cn(Cc3ccc(F)cc3)nn2)CC1)(Cn1cncn1)c1ccc(F)cc1F. The highest BCUT2D eigenvalue weighted by Crippen LogP contribution is 2.28. The van der Waals surface area contributed by atoms with E-state index in [2.05, 4.69) is 30.2 Å². The highest BCUT2D eigenvalue weighted by molar-refractivity contribution is 5.26. The molecule has 0 radical (unpaired) electrons. The Labute approximate surface area is 211 Å². The van der Waals surface area contributed by atoms with Gasteiger partial charge in [0.05, 0.1) is 25.0 Å². The third kappa shape index (κ3) is 6.21. The van der Waals surface area contributed by atoms with E-state index >= 15 is 0 Å². The van der Waals surface area contributed by atoms with Crippen LogP contribution in [0.25, 0.3) is 0 Å². The van der Waals surface area contributed by atoms with Gasteiger partial charge in [-0.15, -0.1) is 5.10 Å². The van der Waals surface area contributed by atoms with E-state index in [1.54, 1.807) is 16.8 Å². The molecule has 1 aliphatic rings. The van der Waals surface area contributed by atoms with Crippen molar-refractivity contribution in [1.82, 2.24) is 39.6 Å². The van der Waals surface area contributed by atoms with Crippen LogP contribution < -0.4 is 0 Å². The number of hydrogen-bond donors (Lipinski definition) is 1. The second-order valence-corrected chi connectivity index (χ2v) is 9.34. The van der Waals surface area contributed by atoms with Crippen LogP contribution in [0.4, 0.5) is 13.2 Å². The number of β-amino-alcohol motifs (C(OH)–C–C–N with tert-alkyl or cyclic N) is 1. The molecule has 1 saturated heterocycles. The third-order valence-electron chi connectivity index (χ3n) is 6.50. The Hall–Kier alpha value is -3.61. The first-order chi connectivity index (χ1) is 17.9. The minimum absolute atomic E-state index is 0.0181. The molecule has 1 N–H and O–H groups in total. The molecule has 3 heterocycles. The van der Waals surface area contributed by atoms with E-state index in [1.807, 2.05) is 6.20 Å². The van der Waals surface area contributed by atoms with E-state index in [-0.39, 0.29) is 24.5 Å². The summed E-state index contributed by atoms with van der Waals surface area (Å²) >= 11 is 0. The first-order valence-electron chi connectivity index (χ1n) is 11.9. The smallest absolute Gasteiger partial charge is 0.137 e. The largest absolute Gasteiger partial charge is 0.382 e. The van der Waals surface area contributed by atoms with Crippen molar-refractivity contribution in [1.29, 1.82) is 0 Å². The summed E-state index contributed by atoms with van der Waals surface area (Å²) in [7, 11) is 0. The Morgan fingerprint density at radius 2 is 1.57 bits per heavy atom. The molecule has 0 bridgehead atoms. The Morgan fingerprint density at radius 1 is 0.838 bits per heavy atom. The lowest BCUT2D eigenvalue weighted by Gasteiger charge is -2.39. The summed E-state index contributed by atoms with van der Waals surface area (Å²) in [5, 5.41) is 24.0. The average Bonchev–Trinajstić information content (AvgIpc) is 3.54. The van der Waals surface area contributed by atoms with Gasteiger partial charge < -0.3 is 5.11 Å². The number of nitrogens with zero attached hydrogens (tertiary/aromatic N) is 8. The summed E-state index contributed by atoms with van der Waals surface area (Å²) in [6.45, 7) is 3.98. The maximum Gasteiger partial charge on any atom is 0.137 e. The lowest BCUT2D eigenvalue weighted by atomic mass is 9.92. The number of rotatable bonds is 9. The Bertz CT molecular complexity index is 1310. The minimum Gasteiger partial charge on any atom is -0.382 e. The molecule has 1 atom stereocenters. The van der Waals surface area contributed by atoms with E-state index in [0.717, 1.165) is 36.5 Å².